The van der Waals surface area contributed by atoms with Gasteiger partial charge in [-0.25, -0.2) is 0 Å². The van der Waals surface area contributed by atoms with E-state index in [0.717, 1.165) is 12.8 Å². The van der Waals surface area contributed by atoms with E-state index < -0.39 is 0 Å². The predicted octanol–water partition coefficient (Wildman–Crippen LogP) is 5.99. The lowest BCUT2D eigenvalue weighted by molar-refractivity contribution is -0.171. The molecule has 0 amide bonds. The minimum Gasteiger partial charge on any atom is -0.459 e. The van der Waals surface area contributed by atoms with Crippen LogP contribution in [0.25, 0.3) is 0 Å². The molecule has 0 aromatic carbocycles. The van der Waals surface area contributed by atoms with Crippen LogP contribution < -0.4 is 0 Å². The van der Waals surface area contributed by atoms with E-state index in [1.54, 1.807) is 0 Å². The standard InChI is InChI=1S/C20H38O2/c1-8-15(2)17(14-19(3,4)5)18(21)22-20(6,7)16-12-10-9-11-13-16/h15-17H,8-14H2,1-7H3. The van der Waals surface area contributed by atoms with Gasteiger partial charge in [0.05, 0.1) is 5.92 Å². The van der Waals surface area contributed by atoms with E-state index in [2.05, 4.69) is 48.5 Å². The Morgan fingerprint density at radius 1 is 1.09 bits per heavy atom. The monoisotopic (exact) mass is 310 g/mol. The van der Waals surface area contributed by atoms with Gasteiger partial charge in [-0.1, -0.05) is 60.3 Å². The van der Waals surface area contributed by atoms with Crippen LogP contribution in [0.5, 0.6) is 0 Å². The third kappa shape index (κ3) is 5.93. The molecule has 0 aromatic heterocycles. The molecule has 130 valence electrons. The van der Waals surface area contributed by atoms with Gasteiger partial charge in [-0.2, -0.15) is 0 Å². The van der Waals surface area contributed by atoms with Crippen LogP contribution in [0.4, 0.5) is 0 Å². The normalized spacial score (nSPS) is 20.5. The van der Waals surface area contributed by atoms with Gasteiger partial charge in [0.15, 0.2) is 0 Å². The van der Waals surface area contributed by atoms with Crippen LogP contribution in [0.3, 0.4) is 0 Å². The molecular formula is C20H38O2. The minimum atomic E-state index is -0.318. The van der Waals surface area contributed by atoms with Crippen molar-refractivity contribution in [2.24, 2.45) is 23.2 Å². The molecule has 2 heteroatoms. The summed E-state index contributed by atoms with van der Waals surface area (Å²) in [6.45, 7) is 15.2. The Bertz CT molecular complexity index is 345. The van der Waals surface area contributed by atoms with Gasteiger partial charge in [0.2, 0.25) is 0 Å². The highest BCUT2D eigenvalue weighted by molar-refractivity contribution is 5.73. The summed E-state index contributed by atoms with van der Waals surface area (Å²) in [6.07, 6.45) is 8.23. The van der Waals surface area contributed by atoms with Crippen molar-refractivity contribution in [3.05, 3.63) is 0 Å². The highest BCUT2D eigenvalue weighted by atomic mass is 16.6. The largest absolute Gasteiger partial charge is 0.459 e. The third-order valence-corrected chi connectivity index (χ3v) is 5.42. The zero-order valence-corrected chi connectivity index (χ0v) is 16.0. The highest BCUT2D eigenvalue weighted by Gasteiger charge is 2.38. The molecule has 2 unspecified atom stereocenters. The molecule has 22 heavy (non-hydrogen) atoms. The van der Waals surface area contributed by atoms with Crippen molar-refractivity contribution in [1.29, 1.82) is 0 Å². The van der Waals surface area contributed by atoms with Crippen LogP contribution in [0.2, 0.25) is 0 Å². The van der Waals surface area contributed by atoms with Gasteiger partial charge >= 0.3 is 5.97 Å². The highest BCUT2D eigenvalue weighted by Crippen LogP contribution is 2.37. The van der Waals surface area contributed by atoms with Crippen LogP contribution in [-0.4, -0.2) is 11.6 Å². The zero-order valence-electron chi connectivity index (χ0n) is 16.0. The maximum Gasteiger partial charge on any atom is 0.309 e. The van der Waals surface area contributed by atoms with E-state index in [9.17, 15) is 4.79 Å². The lowest BCUT2D eigenvalue weighted by Crippen LogP contribution is -2.41. The number of hydrogen-bond donors (Lipinski definition) is 0. The second-order valence-corrected chi connectivity index (χ2v) is 9.12. The average molecular weight is 311 g/mol. The molecule has 0 bridgehead atoms. The quantitative estimate of drug-likeness (QED) is 0.563. The summed E-state index contributed by atoms with van der Waals surface area (Å²) >= 11 is 0. The van der Waals surface area contributed by atoms with Crippen LogP contribution in [0, 0.1) is 23.2 Å². The van der Waals surface area contributed by atoms with Crippen molar-refractivity contribution in [3.63, 3.8) is 0 Å². The van der Waals surface area contributed by atoms with E-state index in [1.807, 2.05) is 0 Å². The predicted molar refractivity (Wildman–Crippen MR) is 93.8 cm³/mol. The molecule has 1 aliphatic rings. The fraction of sp³-hybridized carbons (Fsp3) is 0.950. The fourth-order valence-corrected chi connectivity index (χ4v) is 3.68. The third-order valence-electron chi connectivity index (χ3n) is 5.42. The summed E-state index contributed by atoms with van der Waals surface area (Å²) in [5, 5.41) is 0. The number of ether oxygens (including phenoxy) is 1. The van der Waals surface area contributed by atoms with Gasteiger partial charge in [-0.05, 0) is 50.4 Å². The first-order valence-electron chi connectivity index (χ1n) is 9.29. The molecule has 1 aliphatic carbocycles. The van der Waals surface area contributed by atoms with Crippen LogP contribution in [-0.2, 0) is 9.53 Å². The molecule has 0 heterocycles. The maximum atomic E-state index is 12.9. The van der Waals surface area contributed by atoms with Gasteiger partial charge in [0.1, 0.15) is 5.60 Å². The minimum absolute atomic E-state index is 0.0212. The second kappa shape index (κ2) is 7.84. The molecular weight excluding hydrogens is 272 g/mol. The number of esters is 1. The summed E-state index contributed by atoms with van der Waals surface area (Å²) in [5.41, 5.74) is -0.163. The van der Waals surface area contributed by atoms with Crippen LogP contribution in [0.15, 0.2) is 0 Å². The Kier molecular flexibility index (Phi) is 6.95. The van der Waals surface area contributed by atoms with Crippen molar-refractivity contribution < 1.29 is 9.53 Å². The number of carbonyl (C=O) groups is 1. The average Bonchev–Trinajstić information content (AvgIpc) is 2.43. The molecule has 0 radical (unpaired) electrons. The van der Waals surface area contributed by atoms with E-state index >= 15 is 0 Å². The van der Waals surface area contributed by atoms with Crippen molar-refractivity contribution in [2.45, 2.75) is 99.0 Å². The first-order valence-corrected chi connectivity index (χ1v) is 9.29. The van der Waals surface area contributed by atoms with Crippen molar-refractivity contribution in [1.82, 2.24) is 0 Å². The lowest BCUT2D eigenvalue weighted by Gasteiger charge is -2.38. The lowest BCUT2D eigenvalue weighted by atomic mass is 9.77. The molecule has 2 atom stereocenters. The Morgan fingerprint density at radius 3 is 2.09 bits per heavy atom. The molecule has 0 aliphatic heterocycles. The molecule has 2 nitrogen and oxygen atoms in total. The van der Waals surface area contributed by atoms with Gasteiger partial charge in [-0.3, -0.25) is 4.79 Å². The Morgan fingerprint density at radius 2 is 1.64 bits per heavy atom. The number of carbonyl (C=O) groups excluding carboxylic acids is 1. The molecule has 0 N–H and O–H groups in total. The van der Waals surface area contributed by atoms with Crippen molar-refractivity contribution in [3.8, 4) is 0 Å². The van der Waals surface area contributed by atoms with Gasteiger partial charge in [-0.15, -0.1) is 0 Å². The van der Waals surface area contributed by atoms with Gasteiger partial charge in [0.25, 0.3) is 0 Å². The van der Waals surface area contributed by atoms with E-state index in [-0.39, 0.29) is 22.9 Å². The SMILES string of the molecule is CCC(C)C(CC(C)(C)C)C(=O)OC(C)(C)C1CCCCC1. The van der Waals surface area contributed by atoms with Crippen LogP contribution in [0.1, 0.15) is 93.4 Å². The number of rotatable bonds is 6. The van der Waals surface area contributed by atoms with E-state index in [0.29, 0.717) is 11.8 Å². The summed E-state index contributed by atoms with van der Waals surface area (Å²) in [5.74, 6) is 0.957. The van der Waals surface area contributed by atoms with Gasteiger partial charge in [0, 0.05) is 0 Å². The number of hydrogen-bond acceptors (Lipinski definition) is 2. The van der Waals surface area contributed by atoms with Crippen molar-refractivity contribution >= 4 is 5.97 Å². The Hall–Kier alpha value is -0.530. The smallest absolute Gasteiger partial charge is 0.309 e. The summed E-state index contributed by atoms with van der Waals surface area (Å²) < 4.78 is 6.07. The Labute approximate surface area is 138 Å². The fourth-order valence-electron chi connectivity index (χ4n) is 3.68. The molecule has 1 saturated carbocycles. The first-order chi connectivity index (χ1) is 10.1. The van der Waals surface area contributed by atoms with Crippen molar-refractivity contribution in [2.75, 3.05) is 0 Å². The first kappa shape index (κ1) is 19.5. The summed E-state index contributed by atoms with van der Waals surface area (Å²) in [7, 11) is 0. The molecule has 0 aromatic rings. The molecule has 1 fully saturated rings. The van der Waals surface area contributed by atoms with E-state index in [4.69, 9.17) is 4.74 Å². The van der Waals surface area contributed by atoms with Gasteiger partial charge < -0.3 is 4.74 Å². The molecule has 1 rings (SSSR count). The Balaban J connectivity index is 2.76. The second-order valence-electron chi connectivity index (χ2n) is 9.12. The molecule has 0 spiro atoms. The zero-order chi connectivity index (χ0) is 17.0. The summed E-state index contributed by atoms with van der Waals surface area (Å²) in [6, 6.07) is 0. The van der Waals surface area contributed by atoms with E-state index in [1.165, 1.54) is 32.1 Å². The summed E-state index contributed by atoms with van der Waals surface area (Å²) in [4.78, 5) is 12.9. The topological polar surface area (TPSA) is 26.3 Å². The van der Waals surface area contributed by atoms with Crippen LogP contribution >= 0.6 is 0 Å². The maximum absolute atomic E-state index is 12.9. The molecule has 0 saturated heterocycles.